The molecule has 2 aliphatic heterocycles. The predicted octanol–water partition coefficient (Wildman–Crippen LogP) is 4.65. The molecule has 1 aromatic heterocycles. The number of hydrogen-bond donors (Lipinski definition) is 1. The van der Waals surface area contributed by atoms with E-state index >= 15 is 0 Å². The number of fused-ring (bicyclic) bond motifs is 1. The van der Waals surface area contributed by atoms with Crippen molar-refractivity contribution in [3.8, 4) is 0 Å². The van der Waals surface area contributed by atoms with Crippen molar-refractivity contribution in [2.24, 2.45) is 0 Å². The van der Waals surface area contributed by atoms with Gasteiger partial charge in [-0.05, 0) is 35.9 Å². The number of aromatic nitrogens is 2. The molecule has 0 spiro atoms. The highest BCUT2D eigenvalue weighted by Crippen LogP contribution is 2.31. The monoisotopic (exact) mass is 515 g/mol. The van der Waals surface area contributed by atoms with E-state index in [1.165, 1.54) is 24.3 Å². The van der Waals surface area contributed by atoms with Gasteiger partial charge in [-0.3, -0.25) is 0 Å². The number of rotatable bonds is 4. The van der Waals surface area contributed by atoms with Crippen LogP contribution in [0.2, 0.25) is 0 Å². The first-order chi connectivity index (χ1) is 17.8. The molecule has 7 nitrogen and oxygen atoms in total. The standard InChI is InChI=1S/C26H25F4N5O2/c27-19-5-1-3-17(13-19)14-23-32-22-7-8-35(16-21(22)24(33-23)34-9-11-37-12-10-34)25(36)31-20-6-2-4-18(15-20)26(28,29)30/h1-6,13,15H,7-12,14,16H2,(H,31,36). The molecule has 2 amide bonds. The number of anilines is 2. The van der Waals surface area contributed by atoms with Gasteiger partial charge in [0.2, 0.25) is 0 Å². The number of halogens is 4. The van der Waals surface area contributed by atoms with E-state index in [0.29, 0.717) is 57.3 Å². The van der Waals surface area contributed by atoms with Crippen LogP contribution in [0.3, 0.4) is 0 Å². The Morgan fingerprint density at radius 1 is 1.03 bits per heavy atom. The van der Waals surface area contributed by atoms with E-state index in [0.717, 1.165) is 29.0 Å². The lowest BCUT2D eigenvalue weighted by molar-refractivity contribution is -0.137. The zero-order valence-electron chi connectivity index (χ0n) is 19.9. The van der Waals surface area contributed by atoms with Crippen LogP contribution in [-0.4, -0.2) is 53.7 Å². The van der Waals surface area contributed by atoms with Gasteiger partial charge in [0.15, 0.2) is 0 Å². The zero-order chi connectivity index (χ0) is 26.0. The molecular weight excluding hydrogens is 490 g/mol. The quantitative estimate of drug-likeness (QED) is 0.513. The highest BCUT2D eigenvalue weighted by Gasteiger charge is 2.31. The maximum Gasteiger partial charge on any atom is 0.416 e. The van der Waals surface area contributed by atoms with E-state index in [2.05, 4.69) is 10.2 Å². The first-order valence-electron chi connectivity index (χ1n) is 12.0. The van der Waals surface area contributed by atoms with E-state index in [9.17, 15) is 22.4 Å². The van der Waals surface area contributed by atoms with Crippen molar-refractivity contribution in [3.63, 3.8) is 0 Å². The Labute approximate surface area is 211 Å². The smallest absolute Gasteiger partial charge is 0.378 e. The number of amides is 2. The maximum absolute atomic E-state index is 13.7. The summed E-state index contributed by atoms with van der Waals surface area (Å²) in [5.74, 6) is 0.940. The summed E-state index contributed by atoms with van der Waals surface area (Å²) < 4.78 is 58.4. The fourth-order valence-electron chi connectivity index (χ4n) is 4.54. The van der Waals surface area contributed by atoms with Gasteiger partial charge in [-0.25, -0.2) is 19.2 Å². The number of hydrogen-bond acceptors (Lipinski definition) is 5. The number of nitrogens with one attached hydrogen (secondary N) is 1. The van der Waals surface area contributed by atoms with Crippen LogP contribution in [0.4, 0.5) is 33.9 Å². The summed E-state index contributed by atoms with van der Waals surface area (Å²) in [6.45, 7) is 2.89. The van der Waals surface area contributed by atoms with Gasteiger partial charge in [-0.15, -0.1) is 0 Å². The molecule has 0 atom stereocenters. The first-order valence-corrected chi connectivity index (χ1v) is 12.0. The summed E-state index contributed by atoms with van der Waals surface area (Å²) in [7, 11) is 0. The minimum Gasteiger partial charge on any atom is -0.378 e. The molecule has 3 heterocycles. The second kappa shape index (κ2) is 10.3. The lowest BCUT2D eigenvalue weighted by Gasteiger charge is -2.34. The van der Waals surface area contributed by atoms with Gasteiger partial charge in [-0.1, -0.05) is 18.2 Å². The van der Waals surface area contributed by atoms with Crippen LogP contribution in [-0.2, 0) is 30.3 Å². The van der Waals surface area contributed by atoms with Crippen molar-refractivity contribution in [1.82, 2.24) is 14.9 Å². The Hall–Kier alpha value is -3.73. The van der Waals surface area contributed by atoms with Gasteiger partial charge in [0, 0.05) is 43.7 Å². The molecule has 0 unspecified atom stereocenters. The molecule has 1 saturated heterocycles. The van der Waals surface area contributed by atoms with E-state index in [4.69, 9.17) is 14.7 Å². The van der Waals surface area contributed by atoms with Crippen LogP contribution in [0.25, 0.3) is 0 Å². The number of benzene rings is 2. The lowest BCUT2D eigenvalue weighted by atomic mass is 10.0. The third-order valence-corrected chi connectivity index (χ3v) is 6.38. The van der Waals surface area contributed by atoms with E-state index in [1.807, 2.05) is 6.07 Å². The van der Waals surface area contributed by atoms with Crippen LogP contribution in [0, 0.1) is 5.82 Å². The Morgan fingerprint density at radius 2 is 1.81 bits per heavy atom. The molecule has 5 rings (SSSR count). The van der Waals surface area contributed by atoms with Crippen molar-refractivity contribution in [3.05, 3.63) is 82.6 Å². The van der Waals surface area contributed by atoms with Crippen LogP contribution >= 0.6 is 0 Å². The molecule has 2 aliphatic rings. The fraction of sp³-hybridized carbons (Fsp3) is 0.346. The summed E-state index contributed by atoms with van der Waals surface area (Å²) >= 11 is 0. The molecule has 194 valence electrons. The second-order valence-corrected chi connectivity index (χ2v) is 8.98. The van der Waals surface area contributed by atoms with Crippen LogP contribution in [0.15, 0.2) is 48.5 Å². The molecule has 0 bridgehead atoms. The van der Waals surface area contributed by atoms with Gasteiger partial charge in [-0.2, -0.15) is 13.2 Å². The van der Waals surface area contributed by atoms with Crippen molar-refractivity contribution >= 4 is 17.5 Å². The molecule has 3 aromatic rings. The first kappa shape index (κ1) is 24.9. The summed E-state index contributed by atoms with van der Waals surface area (Å²) in [4.78, 5) is 26.2. The average Bonchev–Trinajstić information content (AvgIpc) is 2.88. The van der Waals surface area contributed by atoms with Crippen molar-refractivity contribution in [2.45, 2.75) is 25.6 Å². The molecule has 0 saturated carbocycles. The molecule has 0 radical (unpaired) electrons. The molecular formula is C26H25F4N5O2. The number of alkyl halides is 3. The SMILES string of the molecule is O=C(Nc1cccc(C(F)(F)F)c1)N1CCc2nc(Cc3cccc(F)c3)nc(N3CCOCC3)c2C1. The van der Waals surface area contributed by atoms with Gasteiger partial charge in [0.1, 0.15) is 17.5 Å². The highest BCUT2D eigenvalue weighted by atomic mass is 19.4. The number of carbonyl (C=O) groups is 1. The van der Waals surface area contributed by atoms with Crippen molar-refractivity contribution in [1.29, 1.82) is 0 Å². The third-order valence-electron chi connectivity index (χ3n) is 6.38. The normalized spacial score (nSPS) is 15.9. The maximum atomic E-state index is 13.7. The number of carbonyl (C=O) groups excluding carboxylic acids is 1. The molecule has 11 heteroatoms. The summed E-state index contributed by atoms with van der Waals surface area (Å²) in [6, 6.07) is 10.4. The van der Waals surface area contributed by atoms with Gasteiger partial charge in [0.05, 0.1) is 31.0 Å². The average molecular weight is 516 g/mol. The van der Waals surface area contributed by atoms with Gasteiger partial charge in [0.25, 0.3) is 0 Å². The Morgan fingerprint density at radius 3 is 2.57 bits per heavy atom. The topological polar surface area (TPSA) is 70.6 Å². The predicted molar refractivity (Wildman–Crippen MR) is 129 cm³/mol. The summed E-state index contributed by atoms with van der Waals surface area (Å²) in [5, 5.41) is 2.58. The van der Waals surface area contributed by atoms with Crippen LogP contribution < -0.4 is 10.2 Å². The third kappa shape index (κ3) is 5.82. The largest absolute Gasteiger partial charge is 0.416 e. The summed E-state index contributed by atoms with van der Waals surface area (Å²) in [6.07, 6.45) is -3.68. The van der Waals surface area contributed by atoms with Crippen LogP contribution in [0.5, 0.6) is 0 Å². The Bertz CT molecular complexity index is 1290. The fourth-order valence-corrected chi connectivity index (χ4v) is 4.54. The van der Waals surface area contributed by atoms with Gasteiger partial charge < -0.3 is 19.9 Å². The Balaban J connectivity index is 1.39. The second-order valence-electron chi connectivity index (χ2n) is 8.98. The van der Waals surface area contributed by atoms with E-state index in [1.54, 1.807) is 11.0 Å². The van der Waals surface area contributed by atoms with Crippen molar-refractivity contribution in [2.75, 3.05) is 43.1 Å². The lowest BCUT2D eigenvalue weighted by Crippen LogP contribution is -2.42. The van der Waals surface area contributed by atoms with E-state index < -0.39 is 17.8 Å². The van der Waals surface area contributed by atoms with Gasteiger partial charge >= 0.3 is 12.2 Å². The van der Waals surface area contributed by atoms with Crippen LogP contribution in [0.1, 0.15) is 28.2 Å². The number of nitrogens with zero attached hydrogens (tertiary/aromatic N) is 4. The number of urea groups is 1. The van der Waals surface area contributed by atoms with Crippen molar-refractivity contribution < 1.29 is 27.1 Å². The molecule has 1 fully saturated rings. The number of morpholine rings is 1. The molecule has 37 heavy (non-hydrogen) atoms. The molecule has 1 N–H and O–H groups in total. The molecule has 2 aromatic carbocycles. The highest BCUT2D eigenvalue weighted by molar-refractivity contribution is 5.89. The number of ether oxygens (including phenoxy) is 1. The minimum absolute atomic E-state index is 0.0701. The van der Waals surface area contributed by atoms with E-state index in [-0.39, 0.29) is 18.0 Å². The minimum atomic E-state index is -4.50. The molecule has 0 aliphatic carbocycles. The summed E-state index contributed by atoms with van der Waals surface area (Å²) in [5.41, 5.74) is 1.61. The zero-order valence-corrected chi connectivity index (χ0v) is 19.9. The Kier molecular flexibility index (Phi) is 6.96.